The van der Waals surface area contributed by atoms with Crippen LogP contribution in [0.1, 0.15) is 5.56 Å². The smallest absolute Gasteiger partial charge is 0.406 e. The summed E-state index contributed by atoms with van der Waals surface area (Å²) in [5.74, 6) is 0. The van der Waals surface area contributed by atoms with E-state index < -0.39 is 15.0 Å². The minimum absolute atomic E-state index is 0. The summed E-state index contributed by atoms with van der Waals surface area (Å²) in [5.41, 5.74) is -0.0983. The molecule has 1 rings (SSSR count). The Kier molecular flexibility index (Phi) is 4.49. The summed E-state index contributed by atoms with van der Waals surface area (Å²) in [7, 11) is -4.44. The van der Waals surface area contributed by atoms with Crippen LogP contribution in [-0.4, -0.2) is 13.0 Å². The van der Waals surface area contributed by atoms with Crippen LogP contribution >= 0.6 is 11.6 Å². The molecule has 0 fully saturated rings. The Labute approximate surface area is 97.8 Å². The first kappa shape index (κ1) is 14.1. The van der Waals surface area contributed by atoms with E-state index in [4.69, 9.17) is 21.5 Å². The lowest BCUT2D eigenvalue weighted by atomic mass is 10.2. The van der Waals surface area contributed by atoms with Gasteiger partial charge in [-0.1, -0.05) is 11.6 Å². The maximum absolute atomic E-state index is 10.9. The number of hydrogen-bond acceptors (Lipinski definition) is 3. The van der Waals surface area contributed by atoms with Gasteiger partial charge >= 0.3 is 15.8 Å². The lowest BCUT2D eigenvalue weighted by Crippen LogP contribution is -3.00. The fraction of sp³-hybridized carbons (Fsp3) is 0.143. The molecule has 8 heteroatoms. The van der Waals surface area contributed by atoms with Crippen molar-refractivity contribution in [2.24, 2.45) is 0 Å². The Hall–Kier alpha value is -0.870. The number of diazo groups is 1. The molecule has 15 heavy (non-hydrogen) atoms. The molecule has 0 aromatic heterocycles. The molecule has 0 saturated carbocycles. The second-order valence-electron chi connectivity index (χ2n) is 2.60. The van der Waals surface area contributed by atoms with Crippen molar-refractivity contribution in [3.63, 3.8) is 0 Å². The Morgan fingerprint density at radius 2 is 2.00 bits per heavy atom. The van der Waals surface area contributed by atoms with Crippen molar-refractivity contribution < 1.29 is 25.4 Å². The van der Waals surface area contributed by atoms with Crippen molar-refractivity contribution in [3.8, 4) is 0 Å². The lowest BCUT2D eigenvalue weighted by Gasteiger charge is -2.00. The Balaban J connectivity index is 0.00000196. The zero-order chi connectivity index (χ0) is 10.9. The van der Waals surface area contributed by atoms with Crippen molar-refractivity contribution in [1.29, 1.82) is 5.39 Å². The second-order valence-corrected chi connectivity index (χ2v) is 4.36. The van der Waals surface area contributed by atoms with Crippen molar-refractivity contribution >= 4 is 27.4 Å². The van der Waals surface area contributed by atoms with Crippen LogP contribution in [0.4, 0.5) is 5.69 Å². The highest BCUT2D eigenvalue weighted by Gasteiger charge is 2.28. The molecule has 1 N–H and O–H groups in total. The van der Waals surface area contributed by atoms with Crippen LogP contribution < -0.4 is 12.4 Å². The van der Waals surface area contributed by atoms with Crippen molar-refractivity contribution in [2.45, 2.75) is 11.8 Å². The largest absolute Gasteiger partial charge is 1.00 e. The van der Waals surface area contributed by atoms with Crippen LogP contribution in [0.5, 0.6) is 0 Å². The maximum Gasteiger partial charge on any atom is 0.406 e. The molecular formula is C7H6Cl2N2O3S. The zero-order valence-corrected chi connectivity index (χ0v) is 9.81. The third-order valence-corrected chi connectivity index (χ3v) is 3.13. The predicted octanol–water partition coefficient (Wildman–Crippen LogP) is -0.616. The molecule has 1 aromatic carbocycles. The summed E-state index contributed by atoms with van der Waals surface area (Å²) in [6, 6.07) is 2.57. The molecule has 0 atom stereocenters. The van der Waals surface area contributed by atoms with Crippen LogP contribution in [0.15, 0.2) is 17.0 Å². The first-order valence-electron chi connectivity index (χ1n) is 3.49. The quantitative estimate of drug-likeness (QED) is 0.544. The normalized spacial score (nSPS) is 10.3. The average Bonchev–Trinajstić information content (AvgIpc) is 2.07. The van der Waals surface area contributed by atoms with Gasteiger partial charge in [0.1, 0.15) is 0 Å². The standard InChI is InChI=1S/C7H5ClN2O3S.ClH/c1-4-5(8)2-3-6(10-9)7(4)14(11,12)13;/h2-3H,1H3;1H. The van der Waals surface area contributed by atoms with E-state index in [1.807, 2.05) is 0 Å². The molecule has 0 aliphatic heterocycles. The van der Waals surface area contributed by atoms with Gasteiger partial charge in [-0.2, -0.15) is 8.42 Å². The topological polar surface area (TPSA) is 82.5 Å². The van der Waals surface area contributed by atoms with Crippen molar-refractivity contribution in [2.75, 3.05) is 0 Å². The summed E-state index contributed by atoms with van der Waals surface area (Å²) < 4.78 is 30.7. The first-order chi connectivity index (χ1) is 6.38. The molecule has 0 radical (unpaired) electrons. The maximum atomic E-state index is 10.9. The van der Waals surface area contributed by atoms with Gasteiger partial charge in [0.25, 0.3) is 0 Å². The van der Waals surface area contributed by atoms with Crippen LogP contribution in [0.2, 0.25) is 5.02 Å². The molecule has 82 valence electrons. The molecule has 0 unspecified atom stereocenters. The van der Waals surface area contributed by atoms with E-state index in [2.05, 4.69) is 4.98 Å². The van der Waals surface area contributed by atoms with Crippen LogP contribution in [-0.2, 0) is 10.1 Å². The summed E-state index contributed by atoms with van der Waals surface area (Å²) in [4.78, 5) is 2.26. The van der Waals surface area contributed by atoms with Gasteiger partial charge in [0.15, 0.2) is 9.87 Å². The third-order valence-electron chi connectivity index (χ3n) is 1.68. The molecule has 0 bridgehead atoms. The van der Waals surface area contributed by atoms with E-state index in [0.29, 0.717) is 0 Å². The molecule has 0 amide bonds. The Bertz CT molecular complexity index is 522. The van der Waals surface area contributed by atoms with Crippen molar-refractivity contribution in [3.05, 3.63) is 27.7 Å². The predicted molar refractivity (Wildman–Crippen MR) is 50.7 cm³/mol. The van der Waals surface area contributed by atoms with Gasteiger partial charge in [0, 0.05) is 11.1 Å². The van der Waals surface area contributed by atoms with Gasteiger partial charge in [-0.25, -0.2) is 0 Å². The van der Waals surface area contributed by atoms with E-state index in [9.17, 15) is 8.42 Å². The highest BCUT2D eigenvalue weighted by Crippen LogP contribution is 2.31. The number of nitrogens with zero attached hydrogens (tertiary/aromatic N) is 2. The van der Waals surface area contributed by atoms with Gasteiger partial charge in [-0.05, 0) is 18.6 Å². The van der Waals surface area contributed by atoms with E-state index in [-0.39, 0.29) is 28.7 Å². The highest BCUT2D eigenvalue weighted by molar-refractivity contribution is 7.86. The number of rotatable bonds is 1. The van der Waals surface area contributed by atoms with E-state index in [1.54, 1.807) is 0 Å². The Morgan fingerprint density at radius 3 is 2.40 bits per heavy atom. The van der Waals surface area contributed by atoms with E-state index in [1.165, 1.54) is 19.1 Å². The van der Waals surface area contributed by atoms with E-state index in [0.717, 1.165) is 0 Å². The monoisotopic (exact) mass is 268 g/mol. The van der Waals surface area contributed by atoms with Gasteiger partial charge in [0.05, 0.1) is 0 Å². The number of halogens is 2. The SMILES string of the molecule is Cc1c(Cl)ccc([N+]#N)c1S(=O)(=O)O.[Cl-]. The fourth-order valence-corrected chi connectivity index (χ4v) is 2.14. The highest BCUT2D eigenvalue weighted by atomic mass is 35.5. The van der Waals surface area contributed by atoms with E-state index >= 15 is 0 Å². The number of benzene rings is 1. The fourth-order valence-electron chi connectivity index (χ4n) is 1.06. The summed E-state index contributed by atoms with van der Waals surface area (Å²) in [5, 5.41) is 8.67. The van der Waals surface area contributed by atoms with Crippen LogP contribution in [0, 0.1) is 12.3 Å². The molecule has 0 spiro atoms. The molecule has 0 heterocycles. The average molecular weight is 269 g/mol. The van der Waals surface area contributed by atoms with Crippen LogP contribution in [0.3, 0.4) is 0 Å². The minimum Gasteiger partial charge on any atom is -1.00 e. The molecule has 1 aromatic rings. The third kappa shape index (κ3) is 2.79. The van der Waals surface area contributed by atoms with Gasteiger partial charge in [-0.15, -0.1) is 0 Å². The molecule has 0 aliphatic rings. The minimum atomic E-state index is -4.44. The number of hydrogen-bond donors (Lipinski definition) is 1. The summed E-state index contributed by atoms with van der Waals surface area (Å²) in [6.07, 6.45) is 0. The molecule has 0 aliphatic carbocycles. The van der Waals surface area contributed by atoms with Gasteiger partial charge in [-0.3, -0.25) is 4.55 Å². The summed E-state index contributed by atoms with van der Waals surface area (Å²) in [6.45, 7) is 1.40. The van der Waals surface area contributed by atoms with Crippen molar-refractivity contribution in [1.82, 2.24) is 0 Å². The lowest BCUT2D eigenvalue weighted by molar-refractivity contribution is -0.00000731. The first-order valence-corrected chi connectivity index (χ1v) is 5.31. The molecule has 5 nitrogen and oxygen atoms in total. The van der Waals surface area contributed by atoms with Crippen LogP contribution in [0.25, 0.3) is 4.98 Å². The summed E-state index contributed by atoms with van der Waals surface area (Å²) >= 11 is 5.65. The zero-order valence-electron chi connectivity index (χ0n) is 7.48. The molecular weight excluding hydrogens is 263 g/mol. The van der Waals surface area contributed by atoms with Gasteiger partial charge < -0.3 is 12.4 Å². The Morgan fingerprint density at radius 1 is 1.47 bits per heavy atom. The van der Waals surface area contributed by atoms with Gasteiger partial charge in [0.2, 0.25) is 5.39 Å². The molecule has 0 saturated heterocycles. The second kappa shape index (κ2) is 4.77.